The number of hydrogen-bond donors (Lipinski definition) is 0. The minimum Gasteiger partial charge on any atom is -0.0619 e. The van der Waals surface area contributed by atoms with Crippen LogP contribution in [0.5, 0.6) is 0 Å². The van der Waals surface area contributed by atoms with Gasteiger partial charge < -0.3 is 0 Å². The first-order valence-electron chi connectivity index (χ1n) is 21.0. The van der Waals surface area contributed by atoms with Crippen molar-refractivity contribution in [1.82, 2.24) is 0 Å². The Hall–Kier alpha value is -6.24. The Morgan fingerprint density at radius 3 is 1.68 bits per heavy atom. The second-order valence-electron chi connectivity index (χ2n) is 17.5. The van der Waals surface area contributed by atoms with Crippen LogP contribution < -0.4 is 0 Å². The molecule has 0 bridgehead atoms. The summed E-state index contributed by atoms with van der Waals surface area (Å²) in [7, 11) is 0. The molecule has 0 heteroatoms. The third kappa shape index (κ3) is 4.68. The molecule has 0 N–H and O–H groups in total. The molecule has 0 unspecified atom stereocenters. The van der Waals surface area contributed by atoms with Crippen LogP contribution in [0.25, 0.3) is 88.0 Å². The van der Waals surface area contributed by atoms with E-state index in [0.29, 0.717) is 0 Å². The molecule has 0 aliphatic heterocycles. The summed E-state index contributed by atoms with van der Waals surface area (Å²) in [6, 6.07) is 65.2. The van der Waals surface area contributed by atoms with E-state index in [9.17, 15) is 0 Å². The van der Waals surface area contributed by atoms with Crippen LogP contribution in [0.4, 0.5) is 0 Å². The van der Waals surface area contributed by atoms with Gasteiger partial charge in [0.1, 0.15) is 0 Å². The van der Waals surface area contributed by atoms with Crippen molar-refractivity contribution in [2.24, 2.45) is 0 Å². The molecular weight excluding hydrogens is 685 g/mol. The van der Waals surface area contributed by atoms with E-state index in [1.54, 1.807) is 5.56 Å². The average Bonchev–Trinajstić information content (AvgIpc) is 3.66. The molecule has 272 valence electrons. The molecule has 0 atom stereocenters. The van der Waals surface area contributed by atoms with E-state index in [-0.39, 0.29) is 10.8 Å². The largest absolute Gasteiger partial charge is 0.0619 e. The highest BCUT2D eigenvalue weighted by Gasteiger charge is 2.44. The highest BCUT2D eigenvalue weighted by Crippen LogP contribution is 2.57. The monoisotopic (exact) mass is 728 g/mol. The molecular formula is C57H44. The Balaban J connectivity index is 1.15. The van der Waals surface area contributed by atoms with Crippen molar-refractivity contribution < 1.29 is 0 Å². The predicted molar refractivity (Wildman–Crippen MR) is 242 cm³/mol. The molecule has 57 heavy (non-hydrogen) atoms. The van der Waals surface area contributed by atoms with E-state index in [4.69, 9.17) is 0 Å². The van der Waals surface area contributed by atoms with E-state index >= 15 is 0 Å². The van der Waals surface area contributed by atoms with Crippen LogP contribution in [0.1, 0.15) is 68.2 Å². The quantitative estimate of drug-likeness (QED) is 0.159. The Morgan fingerprint density at radius 2 is 0.877 bits per heavy atom. The van der Waals surface area contributed by atoms with Gasteiger partial charge in [-0.25, -0.2) is 0 Å². The Bertz CT molecular complexity index is 3130. The molecule has 9 aromatic carbocycles. The summed E-state index contributed by atoms with van der Waals surface area (Å²) in [6.07, 6.45) is 6.38. The molecule has 0 radical (unpaired) electrons. The Morgan fingerprint density at radius 1 is 0.333 bits per heavy atom. The van der Waals surface area contributed by atoms with Crippen LogP contribution in [-0.2, 0) is 10.8 Å². The molecule has 9 aromatic rings. The van der Waals surface area contributed by atoms with Crippen LogP contribution in [0.3, 0.4) is 0 Å². The van der Waals surface area contributed by atoms with Crippen LogP contribution >= 0.6 is 0 Å². The van der Waals surface area contributed by atoms with Gasteiger partial charge in [-0.05, 0) is 147 Å². The Kier molecular flexibility index (Phi) is 7.01. The van der Waals surface area contributed by atoms with E-state index in [2.05, 4.69) is 184 Å². The molecule has 1 spiro atoms. The van der Waals surface area contributed by atoms with Gasteiger partial charge in [0.25, 0.3) is 0 Å². The number of fused-ring (bicyclic) bond motifs is 11. The molecule has 0 saturated heterocycles. The summed E-state index contributed by atoms with van der Waals surface area (Å²) in [5, 5.41) is 7.76. The zero-order valence-corrected chi connectivity index (χ0v) is 32.7. The van der Waals surface area contributed by atoms with Gasteiger partial charge in [0.05, 0.1) is 0 Å². The molecule has 0 nitrogen and oxygen atoms in total. The molecule has 0 amide bonds. The van der Waals surface area contributed by atoms with Crippen LogP contribution in [-0.4, -0.2) is 0 Å². The van der Waals surface area contributed by atoms with Gasteiger partial charge in [0.2, 0.25) is 0 Å². The lowest BCUT2D eigenvalue weighted by Gasteiger charge is -2.36. The van der Waals surface area contributed by atoms with E-state index in [0.717, 1.165) is 0 Å². The normalized spacial score (nSPS) is 15.8. The summed E-state index contributed by atoms with van der Waals surface area (Å²) in [5.41, 5.74) is 19.3. The first-order valence-corrected chi connectivity index (χ1v) is 21.0. The molecule has 1 saturated carbocycles. The zero-order valence-electron chi connectivity index (χ0n) is 32.7. The lowest BCUT2D eigenvalue weighted by molar-refractivity contribution is 0.353. The van der Waals surface area contributed by atoms with E-state index in [1.165, 1.54) is 137 Å². The second-order valence-corrected chi connectivity index (χ2v) is 17.5. The van der Waals surface area contributed by atoms with Crippen molar-refractivity contribution in [1.29, 1.82) is 0 Å². The lowest BCUT2D eigenvalue weighted by atomic mass is 9.67. The maximum absolute atomic E-state index is 2.60. The fourth-order valence-corrected chi connectivity index (χ4v) is 11.5. The first-order chi connectivity index (χ1) is 28.0. The summed E-state index contributed by atoms with van der Waals surface area (Å²) < 4.78 is 0. The smallest absolute Gasteiger partial charge is 0.0215 e. The van der Waals surface area contributed by atoms with Gasteiger partial charge in [0, 0.05) is 10.8 Å². The molecule has 0 aromatic heterocycles. The van der Waals surface area contributed by atoms with Gasteiger partial charge in [0.15, 0.2) is 0 Å². The number of benzene rings is 9. The van der Waals surface area contributed by atoms with E-state index < -0.39 is 0 Å². The maximum atomic E-state index is 2.60. The Labute approximate surface area is 335 Å². The predicted octanol–water partition coefficient (Wildman–Crippen LogP) is 15.7. The van der Waals surface area contributed by atoms with Crippen molar-refractivity contribution in [2.45, 2.75) is 56.8 Å². The van der Waals surface area contributed by atoms with Gasteiger partial charge in [-0.2, -0.15) is 0 Å². The van der Waals surface area contributed by atoms with Crippen LogP contribution in [0.2, 0.25) is 0 Å². The lowest BCUT2D eigenvalue weighted by Crippen LogP contribution is -2.28. The van der Waals surface area contributed by atoms with Crippen LogP contribution in [0, 0.1) is 0 Å². The molecule has 3 aliphatic carbocycles. The van der Waals surface area contributed by atoms with Crippen molar-refractivity contribution in [3.05, 3.63) is 192 Å². The van der Waals surface area contributed by atoms with Crippen molar-refractivity contribution >= 4 is 32.3 Å². The van der Waals surface area contributed by atoms with Crippen LogP contribution in [0.15, 0.2) is 170 Å². The van der Waals surface area contributed by atoms with Crippen molar-refractivity contribution in [3.63, 3.8) is 0 Å². The SMILES string of the molecule is CC1(C)c2ccccc2-c2cc(-c3c4ccccc4c(-c4ccc5c(c4)C4(CCCCC4)c4ccccc4-5)c4ccc(-c5ccc6ccccc6c5)cc34)ccc21. The molecule has 0 heterocycles. The summed E-state index contributed by atoms with van der Waals surface area (Å²) >= 11 is 0. The topological polar surface area (TPSA) is 0 Å². The van der Waals surface area contributed by atoms with Crippen molar-refractivity contribution in [2.75, 3.05) is 0 Å². The van der Waals surface area contributed by atoms with Gasteiger partial charge in [-0.1, -0.05) is 179 Å². The zero-order chi connectivity index (χ0) is 37.9. The van der Waals surface area contributed by atoms with Gasteiger partial charge in [-0.3, -0.25) is 0 Å². The average molecular weight is 729 g/mol. The van der Waals surface area contributed by atoms with Gasteiger partial charge >= 0.3 is 0 Å². The van der Waals surface area contributed by atoms with Gasteiger partial charge in [-0.15, -0.1) is 0 Å². The van der Waals surface area contributed by atoms with E-state index in [1.807, 2.05) is 0 Å². The maximum Gasteiger partial charge on any atom is 0.0215 e. The number of rotatable bonds is 3. The fourth-order valence-electron chi connectivity index (χ4n) is 11.5. The third-order valence-corrected chi connectivity index (χ3v) is 14.2. The highest BCUT2D eigenvalue weighted by atomic mass is 14.5. The van der Waals surface area contributed by atoms with Crippen molar-refractivity contribution in [3.8, 4) is 55.6 Å². The molecule has 3 aliphatic rings. The standard InChI is InChI=1S/C57H44/c1-56(2)50-20-10-8-17-43(50)48-34-40(26-29-51(48)56)55-46-19-7-6-18-45(46)54(47-28-24-39(33-49(47)55)38-23-22-36-14-4-5-15-37(36)32-38)41-25-27-44-42-16-9-11-21-52(42)57(53(44)35-41)30-12-3-13-31-57/h4-11,14-29,32-35H,3,12-13,30-31H2,1-2H3. The first kappa shape index (κ1) is 33.0. The highest BCUT2D eigenvalue weighted by molar-refractivity contribution is 6.22. The molecule has 1 fully saturated rings. The minimum atomic E-state index is -0.0371. The summed E-state index contributed by atoms with van der Waals surface area (Å²) in [4.78, 5) is 0. The fraction of sp³-hybridized carbons (Fsp3) is 0.158. The third-order valence-electron chi connectivity index (χ3n) is 14.2. The number of hydrogen-bond acceptors (Lipinski definition) is 0. The minimum absolute atomic E-state index is 0.0371. The summed E-state index contributed by atoms with van der Waals surface area (Å²) in [5.74, 6) is 0. The second kappa shape index (κ2) is 12.1. The molecule has 12 rings (SSSR count). The summed E-state index contributed by atoms with van der Waals surface area (Å²) in [6.45, 7) is 4.75.